The van der Waals surface area contributed by atoms with Crippen molar-refractivity contribution in [3.05, 3.63) is 54.1 Å². The first kappa shape index (κ1) is 14.7. The van der Waals surface area contributed by atoms with Crippen LogP contribution in [0.2, 0.25) is 0 Å². The van der Waals surface area contributed by atoms with Gasteiger partial charge < -0.3 is 5.73 Å². The third kappa shape index (κ3) is 2.85. The molecule has 1 aliphatic rings. The van der Waals surface area contributed by atoms with Crippen molar-refractivity contribution in [2.24, 2.45) is 0 Å². The molecular weight excluding hydrogens is 296 g/mol. The topological polar surface area (TPSA) is 63.4 Å². The van der Waals surface area contributed by atoms with E-state index in [1.165, 1.54) is 16.7 Å². The molecule has 5 heteroatoms. The van der Waals surface area contributed by atoms with Crippen molar-refractivity contribution < 1.29 is 9.59 Å². The summed E-state index contributed by atoms with van der Waals surface area (Å²) in [6.45, 7) is 1.94. The minimum Gasteiger partial charge on any atom is -0.399 e. The molecule has 112 valence electrons. The Morgan fingerprint density at radius 2 is 1.91 bits per heavy atom. The average Bonchev–Trinajstić information content (AvgIpc) is 2.73. The predicted octanol–water partition coefficient (Wildman–Crippen LogP) is 3.00. The van der Waals surface area contributed by atoms with Crippen molar-refractivity contribution >= 4 is 35.0 Å². The van der Waals surface area contributed by atoms with Crippen LogP contribution in [0, 0.1) is 6.92 Å². The molecule has 0 saturated carbocycles. The van der Waals surface area contributed by atoms with Crippen molar-refractivity contribution in [1.29, 1.82) is 0 Å². The zero-order valence-electron chi connectivity index (χ0n) is 12.2. The first-order valence-electron chi connectivity index (χ1n) is 7.00. The van der Waals surface area contributed by atoms with Gasteiger partial charge in [-0.1, -0.05) is 18.2 Å². The smallest absolute Gasteiger partial charge is 0.247 e. The van der Waals surface area contributed by atoms with Gasteiger partial charge in [0.15, 0.2) is 0 Å². The molecule has 1 heterocycles. The van der Waals surface area contributed by atoms with Gasteiger partial charge in [-0.15, -0.1) is 11.8 Å². The summed E-state index contributed by atoms with van der Waals surface area (Å²) in [6, 6.07) is 14.8. The van der Waals surface area contributed by atoms with Crippen LogP contribution >= 0.6 is 11.8 Å². The second-order valence-corrected chi connectivity index (χ2v) is 6.57. The number of benzene rings is 2. The molecule has 22 heavy (non-hydrogen) atoms. The molecule has 0 radical (unpaired) electrons. The molecule has 2 amide bonds. The van der Waals surface area contributed by atoms with Crippen molar-refractivity contribution in [3.8, 4) is 0 Å². The summed E-state index contributed by atoms with van der Waals surface area (Å²) in [4.78, 5) is 27.0. The molecule has 2 N–H and O–H groups in total. The predicted molar refractivity (Wildman–Crippen MR) is 88.8 cm³/mol. The number of nitrogens with zero attached hydrogens (tertiary/aromatic N) is 1. The number of anilines is 2. The highest BCUT2D eigenvalue weighted by molar-refractivity contribution is 8.00. The van der Waals surface area contributed by atoms with Crippen LogP contribution in [0.5, 0.6) is 0 Å². The molecule has 1 saturated heterocycles. The number of carbonyl (C=O) groups excluding carboxylic acids is 2. The number of rotatable bonds is 3. The Bertz CT molecular complexity index is 745. The third-order valence-electron chi connectivity index (χ3n) is 3.50. The van der Waals surface area contributed by atoms with Crippen LogP contribution in [0.4, 0.5) is 11.4 Å². The van der Waals surface area contributed by atoms with Gasteiger partial charge in [-0.25, -0.2) is 4.90 Å². The van der Waals surface area contributed by atoms with Crippen LogP contribution in [0.25, 0.3) is 0 Å². The van der Waals surface area contributed by atoms with Gasteiger partial charge in [0, 0.05) is 17.0 Å². The number of hydrogen-bond donors (Lipinski definition) is 1. The van der Waals surface area contributed by atoms with E-state index in [-0.39, 0.29) is 18.2 Å². The number of carbonyl (C=O) groups is 2. The molecule has 2 aromatic carbocycles. The van der Waals surface area contributed by atoms with Crippen LogP contribution in [0.3, 0.4) is 0 Å². The Morgan fingerprint density at radius 3 is 2.64 bits per heavy atom. The molecule has 0 aliphatic carbocycles. The van der Waals surface area contributed by atoms with E-state index in [9.17, 15) is 9.59 Å². The lowest BCUT2D eigenvalue weighted by Crippen LogP contribution is -2.31. The number of nitrogens with two attached hydrogens (primary N) is 1. The van der Waals surface area contributed by atoms with Gasteiger partial charge in [0.05, 0.1) is 10.9 Å². The highest BCUT2D eigenvalue weighted by atomic mass is 32.2. The Morgan fingerprint density at radius 1 is 1.14 bits per heavy atom. The Kier molecular flexibility index (Phi) is 3.90. The fraction of sp³-hybridized carbons (Fsp3) is 0.176. The molecular formula is C17H16N2O2S. The minimum atomic E-state index is -0.394. The second-order valence-electron chi connectivity index (χ2n) is 5.29. The summed E-state index contributed by atoms with van der Waals surface area (Å²) in [6.07, 6.45) is 0.215. The fourth-order valence-corrected chi connectivity index (χ4v) is 3.61. The van der Waals surface area contributed by atoms with Crippen LogP contribution in [0.15, 0.2) is 53.4 Å². The maximum atomic E-state index is 12.6. The fourth-order valence-electron chi connectivity index (χ4n) is 2.49. The van der Waals surface area contributed by atoms with Gasteiger partial charge in [-0.05, 0) is 42.8 Å². The second kappa shape index (κ2) is 5.85. The largest absolute Gasteiger partial charge is 0.399 e. The molecule has 1 aliphatic heterocycles. The average molecular weight is 312 g/mol. The van der Waals surface area contributed by atoms with E-state index >= 15 is 0 Å². The van der Waals surface area contributed by atoms with E-state index in [1.807, 2.05) is 43.3 Å². The molecule has 0 spiro atoms. The molecule has 3 rings (SSSR count). The van der Waals surface area contributed by atoms with E-state index in [4.69, 9.17) is 5.73 Å². The Balaban J connectivity index is 1.82. The maximum absolute atomic E-state index is 12.6. The summed E-state index contributed by atoms with van der Waals surface area (Å²) in [7, 11) is 0. The van der Waals surface area contributed by atoms with Crippen molar-refractivity contribution in [3.63, 3.8) is 0 Å². The standard InChI is InChI=1S/C17H16N2O2S/c1-11-4-2-6-13(8-11)19-16(20)10-15(17(19)21)22-14-7-3-5-12(18)9-14/h2-9,15H,10,18H2,1H3. The summed E-state index contributed by atoms with van der Waals surface area (Å²) < 4.78 is 0. The third-order valence-corrected chi connectivity index (χ3v) is 4.68. The van der Waals surface area contributed by atoms with Crippen molar-refractivity contribution in [1.82, 2.24) is 0 Å². The van der Waals surface area contributed by atoms with Gasteiger partial charge >= 0.3 is 0 Å². The van der Waals surface area contributed by atoms with E-state index < -0.39 is 5.25 Å². The first-order chi connectivity index (χ1) is 10.5. The van der Waals surface area contributed by atoms with Crippen LogP contribution in [0.1, 0.15) is 12.0 Å². The van der Waals surface area contributed by atoms with Crippen LogP contribution in [-0.2, 0) is 9.59 Å². The van der Waals surface area contributed by atoms with E-state index in [0.717, 1.165) is 10.5 Å². The first-order valence-corrected chi connectivity index (χ1v) is 7.88. The Labute approximate surface area is 133 Å². The maximum Gasteiger partial charge on any atom is 0.247 e. The van der Waals surface area contributed by atoms with Gasteiger partial charge in [-0.3, -0.25) is 9.59 Å². The number of imide groups is 1. The lowest BCUT2D eigenvalue weighted by Gasteiger charge is -2.15. The zero-order valence-corrected chi connectivity index (χ0v) is 13.0. The molecule has 1 fully saturated rings. The summed E-state index contributed by atoms with van der Waals surface area (Å²) in [5, 5.41) is -0.394. The highest BCUT2D eigenvalue weighted by Gasteiger charge is 2.40. The number of thioether (sulfide) groups is 1. The minimum absolute atomic E-state index is 0.156. The zero-order chi connectivity index (χ0) is 15.7. The lowest BCUT2D eigenvalue weighted by atomic mass is 10.2. The number of amides is 2. The lowest BCUT2D eigenvalue weighted by molar-refractivity contribution is -0.121. The summed E-state index contributed by atoms with van der Waals surface area (Å²) in [5.41, 5.74) is 8.07. The molecule has 0 aromatic heterocycles. The molecule has 4 nitrogen and oxygen atoms in total. The van der Waals surface area contributed by atoms with Gasteiger partial charge in [-0.2, -0.15) is 0 Å². The monoisotopic (exact) mass is 312 g/mol. The summed E-state index contributed by atoms with van der Waals surface area (Å²) in [5.74, 6) is -0.319. The van der Waals surface area contributed by atoms with Crippen LogP contribution in [-0.4, -0.2) is 17.1 Å². The summed E-state index contributed by atoms with van der Waals surface area (Å²) >= 11 is 1.39. The molecule has 1 unspecified atom stereocenters. The van der Waals surface area contributed by atoms with E-state index in [2.05, 4.69) is 0 Å². The number of nitrogen functional groups attached to an aromatic ring is 1. The van der Waals surface area contributed by atoms with E-state index in [0.29, 0.717) is 11.4 Å². The SMILES string of the molecule is Cc1cccc(N2C(=O)CC(Sc3cccc(N)c3)C2=O)c1. The quantitative estimate of drug-likeness (QED) is 0.699. The van der Waals surface area contributed by atoms with Crippen LogP contribution < -0.4 is 10.6 Å². The Hall–Kier alpha value is -2.27. The highest BCUT2D eigenvalue weighted by Crippen LogP contribution is 2.34. The van der Waals surface area contributed by atoms with Gasteiger partial charge in [0.2, 0.25) is 11.8 Å². The normalized spacial score (nSPS) is 18.0. The van der Waals surface area contributed by atoms with Gasteiger partial charge in [0.1, 0.15) is 0 Å². The van der Waals surface area contributed by atoms with Crippen molar-refractivity contribution in [2.45, 2.75) is 23.5 Å². The number of aryl methyl sites for hydroxylation is 1. The van der Waals surface area contributed by atoms with E-state index in [1.54, 1.807) is 12.1 Å². The molecule has 0 bridgehead atoms. The van der Waals surface area contributed by atoms with Crippen molar-refractivity contribution in [2.75, 3.05) is 10.6 Å². The van der Waals surface area contributed by atoms with Gasteiger partial charge in [0.25, 0.3) is 0 Å². The molecule has 2 aromatic rings. The molecule has 1 atom stereocenters. The number of hydrogen-bond acceptors (Lipinski definition) is 4.